The van der Waals surface area contributed by atoms with Crippen molar-refractivity contribution in [3.8, 4) is 5.75 Å². The molecule has 0 saturated heterocycles. The number of carbonyl (C=O) groups excluding carboxylic acids is 4. The number of rotatable bonds is 13. The van der Waals surface area contributed by atoms with Crippen LogP contribution in [0.15, 0.2) is 36.8 Å². The second-order valence-corrected chi connectivity index (χ2v) is 8.12. The Hall–Kier alpha value is -4.46. The third kappa shape index (κ3) is 8.72. The van der Waals surface area contributed by atoms with Gasteiger partial charge in [-0.3, -0.25) is 24.0 Å². The van der Waals surface area contributed by atoms with Gasteiger partial charge in [0, 0.05) is 18.3 Å². The summed E-state index contributed by atoms with van der Waals surface area (Å²) in [5.41, 5.74) is 12.3. The van der Waals surface area contributed by atoms with Gasteiger partial charge in [0.25, 0.3) is 0 Å². The van der Waals surface area contributed by atoms with Crippen molar-refractivity contribution in [3.63, 3.8) is 0 Å². The largest absolute Gasteiger partial charge is 0.508 e. The molecule has 14 heteroatoms. The molecule has 4 atom stereocenters. The van der Waals surface area contributed by atoms with E-state index in [0.29, 0.717) is 11.3 Å². The summed E-state index contributed by atoms with van der Waals surface area (Å²) in [5.74, 6) is -4.62. The number of carboxylic acid groups (broad SMARTS) is 1. The predicted octanol–water partition coefficient (Wildman–Crippen LogP) is -2.34. The van der Waals surface area contributed by atoms with Crippen LogP contribution in [0.3, 0.4) is 0 Å². The van der Waals surface area contributed by atoms with E-state index in [1.165, 1.54) is 31.6 Å². The van der Waals surface area contributed by atoms with Crippen molar-refractivity contribution in [1.82, 2.24) is 25.9 Å². The predicted molar refractivity (Wildman–Crippen MR) is 125 cm³/mol. The molecule has 0 radical (unpaired) electrons. The second-order valence-electron chi connectivity index (χ2n) is 8.12. The smallest absolute Gasteiger partial charge is 0.325 e. The van der Waals surface area contributed by atoms with Crippen molar-refractivity contribution in [2.24, 2.45) is 11.5 Å². The number of benzene rings is 1. The lowest BCUT2D eigenvalue weighted by Crippen LogP contribution is -2.58. The summed E-state index contributed by atoms with van der Waals surface area (Å²) in [5, 5.41) is 25.4. The van der Waals surface area contributed by atoms with Gasteiger partial charge in [-0.15, -0.1) is 0 Å². The Morgan fingerprint density at radius 3 is 2.14 bits per heavy atom. The summed E-state index contributed by atoms with van der Waals surface area (Å²) >= 11 is 0. The van der Waals surface area contributed by atoms with Gasteiger partial charge in [0.2, 0.25) is 23.6 Å². The van der Waals surface area contributed by atoms with Crippen LogP contribution in [0.4, 0.5) is 0 Å². The first-order valence-electron chi connectivity index (χ1n) is 10.9. The van der Waals surface area contributed by atoms with Gasteiger partial charge in [-0.1, -0.05) is 12.1 Å². The van der Waals surface area contributed by atoms with Crippen LogP contribution in [0.25, 0.3) is 0 Å². The van der Waals surface area contributed by atoms with Crippen molar-refractivity contribution in [1.29, 1.82) is 0 Å². The van der Waals surface area contributed by atoms with Gasteiger partial charge < -0.3 is 42.6 Å². The van der Waals surface area contributed by atoms with Crippen LogP contribution >= 0.6 is 0 Å². The van der Waals surface area contributed by atoms with E-state index in [1.54, 1.807) is 12.1 Å². The third-order valence-corrected chi connectivity index (χ3v) is 5.11. The molecule has 4 unspecified atom stereocenters. The zero-order valence-electron chi connectivity index (χ0n) is 19.4. The molecule has 2 rings (SSSR count). The number of phenols is 1. The standard InChI is InChI=1S/C22H29N7O7/c1-11(22(35)36)27-20(33)17(8-18(24)31)29-21(34)16(7-13-9-25-10-26-13)28-19(32)15(23)6-12-2-4-14(30)5-3-12/h2-5,9-11,15-17,30H,6-8,23H2,1H3,(H2,24,31)(H,25,26)(H,27,33)(H,28,32)(H,29,34)(H,35,36). The van der Waals surface area contributed by atoms with E-state index in [2.05, 4.69) is 25.9 Å². The average Bonchev–Trinajstić information content (AvgIpc) is 3.32. The van der Waals surface area contributed by atoms with E-state index in [0.717, 1.165) is 0 Å². The fraction of sp³-hybridized carbons (Fsp3) is 0.364. The second kappa shape index (κ2) is 12.9. The lowest BCUT2D eigenvalue weighted by atomic mass is 10.0. The Labute approximate surface area is 205 Å². The van der Waals surface area contributed by atoms with Gasteiger partial charge in [0.1, 0.15) is 23.9 Å². The maximum absolute atomic E-state index is 13.1. The molecule has 36 heavy (non-hydrogen) atoms. The minimum absolute atomic E-state index is 0.0556. The van der Waals surface area contributed by atoms with Gasteiger partial charge in [0.15, 0.2) is 0 Å². The first-order chi connectivity index (χ1) is 17.0. The number of nitrogens with one attached hydrogen (secondary N) is 4. The number of aromatic nitrogens is 2. The van der Waals surface area contributed by atoms with Gasteiger partial charge in [-0.05, 0) is 31.0 Å². The first kappa shape index (κ1) is 27.8. The van der Waals surface area contributed by atoms with E-state index in [1.807, 2.05) is 0 Å². The monoisotopic (exact) mass is 503 g/mol. The molecule has 0 spiro atoms. The molecule has 4 amide bonds. The number of phenolic OH excluding ortho intramolecular Hbond substituents is 1. The summed E-state index contributed by atoms with van der Waals surface area (Å²) in [7, 11) is 0. The number of aromatic hydroxyl groups is 1. The van der Waals surface area contributed by atoms with E-state index < -0.39 is 60.2 Å². The van der Waals surface area contributed by atoms with Crippen molar-refractivity contribution in [2.45, 2.75) is 50.4 Å². The van der Waals surface area contributed by atoms with Crippen LogP contribution in [-0.2, 0) is 36.8 Å². The van der Waals surface area contributed by atoms with E-state index >= 15 is 0 Å². The topological polar surface area (TPSA) is 243 Å². The van der Waals surface area contributed by atoms with Crippen molar-refractivity contribution >= 4 is 29.6 Å². The highest BCUT2D eigenvalue weighted by Gasteiger charge is 2.30. The lowest BCUT2D eigenvalue weighted by Gasteiger charge is -2.24. The number of hydrogen-bond acceptors (Lipinski definition) is 8. The number of carbonyl (C=O) groups is 5. The number of nitrogens with zero attached hydrogens (tertiary/aromatic N) is 1. The molecular formula is C22H29N7O7. The van der Waals surface area contributed by atoms with Crippen LogP contribution in [0.1, 0.15) is 24.6 Å². The Kier molecular flexibility index (Phi) is 9.92. The van der Waals surface area contributed by atoms with E-state index in [-0.39, 0.29) is 18.6 Å². The maximum Gasteiger partial charge on any atom is 0.325 e. The number of nitrogens with two attached hydrogens (primary N) is 2. The number of carboxylic acids is 1. The van der Waals surface area contributed by atoms with Gasteiger partial charge in [0.05, 0.1) is 18.8 Å². The van der Waals surface area contributed by atoms with Crippen LogP contribution in [0.5, 0.6) is 5.75 Å². The molecule has 0 aliphatic heterocycles. The zero-order valence-corrected chi connectivity index (χ0v) is 19.4. The maximum atomic E-state index is 13.1. The van der Waals surface area contributed by atoms with E-state index in [4.69, 9.17) is 16.6 Å². The zero-order chi connectivity index (χ0) is 26.8. The molecular weight excluding hydrogens is 474 g/mol. The molecule has 0 bridgehead atoms. The highest BCUT2D eigenvalue weighted by atomic mass is 16.4. The Morgan fingerprint density at radius 2 is 1.58 bits per heavy atom. The summed E-state index contributed by atoms with van der Waals surface area (Å²) in [6.07, 6.45) is 2.27. The molecule has 10 N–H and O–H groups in total. The first-order valence-corrected chi connectivity index (χ1v) is 10.9. The molecule has 0 fully saturated rings. The van der Waals surface area contributed by atoms with Crippen molar-refractivity contribution in [2.75, 3.05) is 0 Å². The molecule has 0 saturated carbocycles. The van der Waals surface area contributed by atoms with Gasteiger partial charge in [-0.25, -0.2) is 4.98 Å². The number of H-pyrrole nitrogens is 1. The fourth-order valence-electron chi connectivity index (χ4n) is 3.14. The molecule has 2 aromatic rings. The molecule has 0 aliphatic rings. The minimum atomic E-state index is -1.48. The Balaban J connectivity index is 2.15. The summed E-state index contributed by atoms with van der Waals surface area (Å²) in [4.78, 5) is 67.5. The van der Waals surface area contributed by atoms with E-state index in [9.17, 15) is 29.1 Å². The van der Waals surface area contributed by atoms with Crippen molar-refractivity contribution < 1.29 is 34.2 Å². The lowest BCUT2D eigenvalue weighted by molar-refractivity contribution is -0.142. The minimum Gasteiger partial charge on any atom is -0.508 e. The number of hydrogen-bond donors (Lipinski definition) is 8. The van der Waals surface area contributed by atoms with Gasteiger partial charge in [-0.2, -0.15) is 0 Å². The third-order valence-electron chi connectivity index (χ3n) is 5.11. The number of amides is 4. The van der Waals surface area contributed by atoms with Crippen LogP contribution < -0.4 is 27.4 Å². The molecule has 194 valence electrons. The molecule has 1 aromatic heterocycles. The van der Waals surface area contributed by atoms with Gasteiger partial charge >= 0.3 is 5.97 Å². The van der Waals surface area contributed by atoms with Crippen LogP contribution in [0.2, 0.25) is 0 Å². The molecule has 14 nitrogen and oxygen atoms in total. The number of primary amides is 1. The van der Waals surface area contributed by atoms with Crippen LogP contribution in [-0.4, -0.2) is 73.9 Å². The average molecular weight is 504 g/mol. The van der Waals surface area contributed by atoms with Crippen LogP contribution in [0, 0.1) is 0 Å². The fourth-order valence-corrected chi connectivity index (χ4v) is 3.14. The Morgan fingerprint density at radius 1 is 0.972 bits per heavy atom. The summed E-state index contributed by atoms with van der Waals surface area (Å²) < 4.78 is 0. The Bertz CT molecular complexity index is 1070. The molecule has 1 aromatic carbocycles. The van der Waals surface area contributed by atoms with Crippen molar-refractivity contribution in [3.05, 3.63) is 48.0 Å². The highest BCUT2D eigenvalue weighted by molar-refractivity contribution is 5.96. The number of aliphatic carboxylic acids is 1. The number of imidazole rings is 1. The number of aromatic amines is 1. The molecule has 1 heterocycles. The summed E-state index contributed by atoms with van der Waals surface area (Å²) in [6, 6.07) is 1.04. The quantitative estimate of drug-likeness (QED) is 0.146. The SMILES string of the molecule is CC(NC(=O)C(CC(N)=O)NC(=O)C(Cc1cnc[nH]1)NC(=O)C(N)Cc1ccc(O)cc1)C(=O)O. The molecule has 0 aliphatic carbocycles. The summed E-state index contributed by atoms with van der Waals surface area (Å²) in [6.45, 7) is 1.21. The highest BCUT2D eigenvalue weighted by Crippen LogP contribution is 2.11. The normalized spacial score (nSPS) is 14.1.